The number of hydrogen-bond acceptors (Lipinski definition) is 1. The van der Waals surface area contributed by atoms with E-state index in [9.17, 15) is 61.9 Å². The van der Waals surface area contributed by atoms with Gasteiger partial charge in [-0.2, -0.15) is 43.9 Å². The van der Waals surface area contributed by atoms with Crippen molar-refractivity contribution in [2.45, 2.75) is 49.1 Å². The van der Waals surface area contributed by atoms with Crippen LogP contribution >= 0.6 is 0 Å². The maximum absolute atomic E-state index is 13.2. The van der Waals surface area contributed by atoms with E-state index >= 15 is 0 Å². The topological polar surface area (TPSA) is 37.3 Å². The lowest BCUT2D eigenvalue weighted by atomic mass is 9.92. The van der Waals surface area contributed by atoms with Crippen molar-refractivity contribution in [2.75, 3.05) is 0 Å². The zero-order chi connectivity index (χ0) is 21.5. The molecule has 0 bridgehead atoms. The Bertz CT molecular complexity index is 566. The second kappa shape index (κ2) is 6.79. The van der Waals surface area contributed by atoms with Gasteiger partial charge in [-0.1, -0.05) is 0 Å². The molecular weight excluding hydrogens is 411 g/mol. The lowest BCUT2D eigenvalue weighted by Gasteiger charge is -2.39. The normalized spacial score (nSPS) is 16.8. The molecule has 2 nitrogen and oxygen atoms in total. The van der Waals surface area contributed by atoms with Gasteiger partial charge in [0.2, 0.25) is 0 Å². The van der Waals surface area contributed by atoms with Crippen molar-refractivity contribution in [3.05, 3.63) is 11.6 Å². The summed E-state index contributed by atoms with van der Waals surface area (Å²) in [6.07, 6.45) is -11.2. The molecule has 0 saturated carbocycles. The van der Waals surface area contributed by atoms with Gasteiger partial charge in [-0.25, -0.2) is 18.0 Å². The molecule has 154 valence electrons. The van der Waals surface area contributed by atoms with Crippen LogP contribution in [0.15, 0.2) is 11.6 Å². The second-order valence-electron chi connectivity index (χ2n) is 4.83. The molecular formula is C11H7F13O2. The molecule has 0 aromatic carbocycles. The fourth-order valence-electron chi connectivity index (χ4n) is 1.32. The summed E-state index contributed by atoms with van der Waals surface area (Å²) in [6.45, 7) is 0.320. The Kier molecular flexibility index (Phi) is 6.35. The molecule has 0 aliphatic rings. The van der Waals surface area contributed by atoms with Crippen LogP contribution in [0.2, 0.25) is 0 Å². The molecule has 0 amide bonds. The Morgan fingerprint density at radius 3 is 1.42 bits per heavy atom. The SMILES string of the molecule is CC(=CC(F)C(F)(F)C(F)(F)C(F)(F)C(F)(F)C(F)(F)C(F)F)C(=O)O. The van der Waals surface area contributed by atoms with Gasteiger partial charge in [-0.15, -0.1) is 0 Å². The van der Waals surface area contributed by atoms with Crippen molar-refractivity contribution in [2.24, 2.45) is 0 Å². The van der Waals surface area contributed by atoms with Crippen molar-refractivity contribution < 1.29 is 67.0 Å². The smallest absolute Gasteiger partial charge is 0.384 e. The Labute approximate surface area is 135 Å². The molecule has 0 aliphatic carbocycles. The molecule has 0 saturated heterocycles. The highest BCUT2D eigenvalue weighted by Crippen LogP contribution is 2.59. The minimum atomic E-state index is -7.86. The number of halogens is 13. The van der Waals surface area contributed by atoms with Crippen LogP contribution in [0, 0.1) is 0 Å². The summed E-state index contributed by atoms with van der Waals surface area (Å²) < 4.78 is 167. The lowest BCUT2D eigenvalue weighted by Crippen LogP contribution is -2.70. The number of allylic oxidation sites excluding steroid dienone is 1. The molecule has 15 heteroatoms. The monoisotopic (exact) mass is 418 g/mol. The van der Waals surface area contributed by atoms with E-state index in [0.29, 0.717) is 6.92 Å². The molecule has 0 heterocycles. The van der Waals surface area contributed by atoms with Crippen LogP contribution in [0.4, 0.5) is 57.1 Å². The Hall–Kier alpha value is -1.70. The molecule has 0 aromatic rings. The van der Waals surface area contributed by atoms with Crippen molar-refractivity contribution in [3.63, 3.8) is 0 Å². The molecule has 0 radical (unpaired) electrons. The van der Waals surface area contributed by atoms with Crippen molar-refractivity contribution in [1.82, 2.24) is 0 Å². The lowest BCUT2D eigenvalue weighted by molar-refractivity contribution is -0.416. The number of alkyl halides is 13. The largest absolute Gasteiger partial charge is 0.478 e. The van der Waals surface area contributed by atoms with Crippen molar-refractivity contribution in [3.8, 4) is 0 Å². The third kappa shape index (κ3) is 3.43. The molecule has 1 unspecified atom stereocenters. The van der Waals surface area contributed by atoms with Gasteiger partial charge in [-0.3, -0.25) is 0 Å². The summed E-state index contributed by atoms with van der Waals surface area (Å²) in [4.78, 5) is 10.3. The van der Waals surface area contributed by atoms with Crippen LogP contribution < -0.4 is 0 Å². The van der Waals surface area contributed by atoms with E-state index in [1.807, 2.05) is 0 Å². The maximum atomic E-state index is 13.2. The second-order valence-corrected chi connectivity index (χ2v) is 4.83. The average molecular weight is 418 g/mol. The first-order valence-corrected chi connectivity index (χ1v) is 5.92. The Morgan fingerprint density at radius 1 is 0.769 bits per heavy atom. The van der Waals surface area contributed by atoms with E-state index in [1.165, 1.54) is 0 Å². The van der Waals surface area contributed by atoms with Gasteiger partial charge in [-0.05, 0) is 13.0 Å². The highest BCUT2D eigenvalue weighted by Gasteiger charge is 2.88. The van der Waals surface area contributed by atoms with Crippen molar-refractivity contribution in [1.29, 1.82) is 0 Å². The van der Waals surface area contributed by atoms with Crippen LogP contribution in [0.1, 0.15) is 6.92 Å². The average Bonchev–Trinajstić information content (AvgIpc) is 2.45. The van der Waals surface area contributed by atoms with Crippen LogP contribution in [-0.2, 0) is 4.79 Å². The van der Waals surface area contributed by atoms with Gasteiger partial charge in [0, 0.05) is 5.57 Å². The molecule has 0 aliphatic heterocycles. The highest BCUT2D eigenvalue weighted by atomic mass is 19.4. The minimum absolute atomic E-state index is 0.320. The van der Waals surface area contributed by atoms with Gasteiger partial charge in [0.05, 0.1) is 0 Å². The summed E-state index contributed by atoms with van der Waals surface area (Å²) in [5, 5.41) is 8.24. The summed E-state index contributed by atoms with van der Waals surface area (Å²) in [5.74, 6) is -39.5. The first kappa shape index (κ1) is 24.3. The van der Waals surface area contributed by atoms with Gasteiger partial charge < -0.3 is 5.11 Å². The third-order valence-corrected chi connectivity index (χ3v) is 2.98. The van der Waals surface area contributed by atoms with Gasteiger partial charge >= 0.3 is 42.0 Å². The molecule has 0 aromatic heterocycles. The van der Waals surface area contributed by atoms with E-state index in [-0.39, 0.29) is 0 Å². The van der Waals surface area contributed by atoms with E-state index in [1.54, 1.807) is 0 Å². The van der Waals surface area contributed by atoms with Gasteiger partial charge in [0.15, 0.2) is 6.17 Å². The Balaban J connectivity index is 6.27. The zero-order valence-corrected chi connectivity index (χ0v) is 12.0. The molecule has 0 rings (SSSR count). The standard InChI is InChI=1S/C11H7F13O2/c1-3(5(25)26)2-4(12)7(15,16)9(19,20)11(23,24)10(21,22)8(17,18)6(13)14/h2,4,6H,1H3,(H,25,26). The van der Waals surface area contributed by atoms with E-state index in [4.69, 9.17) is 5.11 Å². The third-order valence-electron chi connectivity index (χ3n) is 2.98. The maximum Gasteiger partial charge on any atom is 0.384 e. The summed E-state index contributed by atoms with van der Waals surface area (Å²) in [7, 11) is 0. The summed E-state index contributed by atoms with van der Waals surface area (Å²) >= 11 is 0. The number of rotatable bonds is 8. The minimum Gasteiger partial charge on any atom is -0.478 e. The predicted octanol–water partition coefficient (Wildman–Crippen LogP) is 4.80. The van der Waals surface area contributed by atoms with Gasteiger partial charge in [0.1, 0.15) is 0 Å². The quantitative estimate of drug-likeness (QED) is 0.455. The fourth-order valence-corrected chi connectivity index (χ4v) is 1.32. The number of carboxylic acid groups (broad SMARTS) is 1. The van der Waals surface area contributed by atoms with Crippen LogP contribution in [0.5, 0.6) is 0 Å². The molecule has 1 N–H and O–H groups in total. The molecule has 0 fully saturated rings. The van der Waals surface area contributed by atoms with E-state index in [2.05, 4.69) is 0 Å². The van der Waals surface area contributed by atoms with E-state index < -0.39 is 59.8 Å². The summed E-state index contributed by atoms with van der Waals surface area (Å²) in [6, 6.07) is 0. The van der Waals surface area contributed by atoms with Crippen molar-refractivity contribution >= 4 is 5.97 Å². The molecule has 26 heavy (non-hydrogen) atoms. The van der Waals surface area contributed by atoms with Crippen LogP contribution in [-0.4, -0.2) is 53.3 Å². The first-order chi connectivity index (χ1) is 11.2. The van der Waals surface area contributed by atoms with E-state index in [0.717, 1.165) is 0 Å². The van der Waals surface area contributed by atoms with Crippen LogP contribution in [0.3, 0.4) is 0 Å². The Morgan fingerprint density at radius 2 is 1.12 bits per heavy atom. The number of carboxylic acids is 1. The summed E-state index contributed by atoms with van der Waals surface area (Å²) in [5.41, 5.74) is -1.46. The van der Waals surface area contributed by atoms with Crippen LogP contribution in [0.25, 0.3) is 0 Å². The van der Waals surface area contributed by atoms with Gasteiger partial charge in [0.25, 0.3) is 0 Å². The molecule has 1 atom stereocenters. The number of hydrogen-bond donors (Lipinski definition) is 1. The zero-order valence-electron chi connectivity index (χ0n) is 12.0. The first-order valence-electron chi connectivity index (χ1n) is 5.92. The predicted molar refractivity (Wildman–Crippen MR) is 57.0 cm³/mol. The molecule has 0 spiro atoms. The highest BCUT2D eigenvalue weighted by molar-refractivity contribution is 5.85. The number of aliphatic carboxylic acids is 1. The number of carbonyl (C=O) groups is 1. The fraction of sp³-hybridized carbons (Fsp3) is 0.727.